The van der Waals surface area contributed by atoms with E-state index >= 15 is 0 Å². The van der Waals surface area contributed by atoms with Crippen molar-refractivity contribution >= 4 is 5.91 Å². The Kier molecular flexibility index (Phi) is 4.76. The van der Waals surface area contributed by atoms with Crippen LogP contribution in [0.3, 0.4) is 0 Å². The Bertz CT molecular complexity index is 380. The van der Waals surface area contributed by atoms with E-state index in [4.69, 9.17) is 0 Å². The van der Waals surface area contributed by atoms with E-state index in [0.29, 0.717) is 0 Å². The number of nitrogens with one attached hydrogen (secondary N) is 1. The first kappa shape index (κ1) is 13.1. The Hall–Kier alpha value is -1.35. The highest BCUT2D eigenvalue weighted by molar-refractivity contribution is 5.94. The number of hydrogen-bond acceptors (Lipinski definition) is 2. The van der Waals surface area contributed by atoms with Crippen molar-refractivity contribution in [2.24, 2.45) is 0 Å². The number of nitrogens with zero attached hydrogens (tertiary/aromatic N) is 1. The number of carbonyl (C=O) groups is 1. The highest BCUT2D eigenvalue weighted by Gasteiger charge is 2.12. The van der Waals surface area contributed by atoms with Gasteiger partial charge in [0.2, 0.25) is 0 Å². The molecule has 98 valence electrons. The average molecular weight is 246 g/mol. The van der Waals surface area contributed by atoms with Crippen LogP contribution >= 0.6 is 0 Å². The molecule has 1 aromatic carbocycles. The van der Waals surface area contributed by atoms with E-state index in [-0.39, 0.29) is 5.91 Å². The van der Waals surface area contributed by atoms with Crippen LogP contribution in [0, 0.1) is 0 Å². The largest absolute Gasteiger partial charge is 0.352 e. The third-order valence-electron chi connectivity index (χ3n) is 3.36. The number of amides is 1. The second kappa shape index (κ2) is 6.55. The minimum absolute atomic E-state index is 0.0320. The van der Waals surface area contributed by atoms with Gasteiger partial charge < -0.3 is 5.32 Å². The van der Waals surface area contributed by atoms with Crippen molar-refractivity contribution in [3.8, 4) is 0 Å². The number of likely N-dealkylation sites (tertiary alicyclic amines) is 1. The Morgan fingerprint density at radius 3 is 2.50 bits per heavy atom. The Morgan fingerprint density at radius 1 is 1.22 bits per heavy atom. The van der Waals surface area contributed by atoms with E-state index in [9.17, 15) is 4.79 Å². The second-order valence-electron chi connectivity index (χ2n) is 4.94. The maximum absolute atomic E-state index is 11.7. The van der Waals surface area contributed by atoms with Crippen LogP contribution in [0.15, 0.2) is 24.3 Å². The second-order valence-corrected chi connectivity index (χ2v) is 4.94. The molecule has 0 atom stereocenters. The summed E-state index contributed by atoms with van der Waals surface area (Å²) in [5, 5.41) is 2.89. The molecule has 1 saturated heterocycles. The highest BCUT2D eigenvalue weighted by Crippen LogP contribution is 2.13. The van der Waals surface area contributed by atoms with Gasteiger partial charge in [0.25, 0.3) is 5.91 Å². The summed E-state index contributed by atoms with van der Waals surface area (Å²) in [6, 6.07) is 7.99. The third kappa shape index (κ3) is 3.57. The summed E-state index contributed by atoms with van der Waals surface area (Å²) in [4.78, 5) is 14.2. The molecule has 0 aliphatic carbocycles. The van der Waals surface area contributed by atoms with Crippen LogP contribution < -0.4 is 5.32 Å². The third-order valence-corrected chi connectivity index (χ3v) is 3.36. The fourth-order valence-corrected chi connectivity index (χ4v) is 2.30. The molecule has 1 heterocycles. The molecule has 1 N–H and O–H groups in total. The Labute approximate surface area is 109 Å². The fourth-order valence-electron chi connectivity index (χ4n) is 2.30. The van der Waals surface area contributed by atoms with Crippen molar-refractivity contribution in [3.05, 3.63) is 35.4 Å². The van der Waals surface area contributed by atoms with Crippen LogP contribution in [0.1, 0.15) is 42.1 Å². The molecule has 0 saturated carbocycles. The van der Waals surface area contributed by atoms with Gasteiger partial charge in [0.15, 0.2) is 0 Å². The van der Waals surface area contributed by atoms with Crippen molar-refractivity contribution in [2.45, 2.75) is 32.7 Å². The normalized spacial score (nSPS) is 15.8. The molecule has 3 heteroatoms. The van der Waals surface area contributed by atoms with E-state index in [0.717, 1.165) is 25.1 Å². The van der Waals surface area contributed by atoms with Crippen LogP contribution in [-0.4, -0.2) is 30.4 Å². The lowest BCUT2D eigenvalue weighted by Crippen LogP contribution is -2.24. The zero-order chi connectivity index (χ0) is 12.8. The maximum Gasteiger partial charge on any atom is 0.251 e. The van der Waals surface area contributed by atoms with Gasteiger partial charge in [-0.05, 0) is 50.0 Å². The van der Waals surface area contributed by atoms with Gasteiger partial charge >= 0.3 is 0 Å². The fraction of sp³-hybridized carbons (Fsp3) is 0.533. The van der Waals surface area contributed by atoms with Gasteiger partial charge in [-0.25, -0.2) is 0 Å². The van der Waals surface area contributed by atoms with Gasteiger partial charge in [-0.3, -0.25) is 9.69 Å². The summed E-state index contributed by atoms with van der Waals surface area (Å²) in [7, 11) is 0. The SMILES string of the molecule is CCCNC(=O)c1ccc(CN2CCCC2)cc1. The van der Waals surface area contributed by atoms with Crippen molar-refractivity contribution in [1.29, 1.82) is 0 Å². The lowest BCUT2D eigenvalue weighted by atomic mass is 10.1. The molecule has 1 fully saturated rings. The topological polar surface area (TPSA) is 32.3 Å². The predicted octanol–water partition coefficient (Wildman–Crippen LogP) is 2.42. The van der Waals surface area contributed by atoms with Gasteiger partial charge in [0.1, 0.15) is 0 Å². The lowest BCUT2D eigenvalue weighted by molar-refractivity contribution is 0.0953. The van der Waals surface area contributed by atoms with Crippen LogP contribution in [0.2, 0.25) is 0 Å². The molecule has 0 aromatic heterocycles. The van der Waals surface area contributed by atoms with Gasteiger partial charge in [0.05, 0.1) is 0 Å². The molecule has 0 spiro atoms. The van der Waals surface area contributed by atoms with Gasteiger partial charge in [0, 0.05) is 18.7 Å². The maximum atomic E-state index is 11.7. The summed E-state index contributed by atoms with van der Waals surface area (Å²) in [6.45, 7) is 6.22. The smallest absolute Gasteiger partial charge is 0.251 e. The van der Waals surface area contributed by atoms with Gasteiger partial charge in [-0.15, -0.1) is 0 Å². The summed E-state index contributed by atoms with van der Waals surface area (Å²) in [5.41, 5.74) is 2.05. The number of hydrogen-bond donors (Lipinski definition) is 1. The molecular weight excluding hydrogens is 224 g/mol. The van der Waals surface area contributed by atoms with Crippen molar-refractivity contribution < 1.29 is 4.79 Å². The first-order valence-corrected chi connectivity index (χ1v) is 6.89. The number of benzene rings is 1. The minimum Gasteiger partial charge on any atom is -0.352 e. The quantitative estimate of drug-likeness (QED) is 0.865. The van der Waals surface area contributed by atoms with Crippen molar-refractivity contribution in [3.63, 3.8) is 0 Å². The molecule has 0 bridgehead atoms. The Balaban J connectivity index is 1.90. The summed E-state index contributed by atoms with van der Waals surface area (Å²) >= 11 is 0. The number of rotatable bonds is 5. The molecular formula is C15H22N2O. The van der Waals surface area contributed by atoms with Gasteiger partial charge in [-0.2, -0.15) is 0 Å². The predicted molar refractivity (Wildman–Crippen MR) is 73.6 cm³/mol. The first-order chi connectivity index (χ1) is 8.79. The number of carbonyl (C=O) groups excluding carboxylic acids is 1. The van der Waals surface area contributed by atoms with E-state index in [1.165, 1.54) is 31.5 Å². The molecule has 18 heavy (non-hydrogen) atoms. The summed E-state index contributed by atoms with van der Waals surface area (Å²) in [5.74, 6) is 0.0320. The van der Waals surface area contributed by atoms with Crippen LogP contribution in [-0.2, 0) is 6.54 Å². The highest BCUT2D eigenvalue weighted by atomic mass is 16.1. The van der Waals surface area contributed by atoms with Gasteiger partial charge in [-0.1, -0.05) is 19.1 Å². The van der Waals surface area contributed by atoms with E-state index in [2.05, 4.69) is 29.3 Å². The van der Waals surface area contributed by atoms with Crippen LogP contribution in [0.25, 0.3) is 0 Å². The van der Waals surface area contributed by atoms with E-state index < -0.39 is 0 Å². The summed E-state index contributed by atoms with van der Waals surface area (Å²) in [6.07, 6.45) is 3.60. The average Bonchev–Trinajstić information content (AvgIpc) is 2.89. The van der Waals surface area contributed by atoms with E-state index in [1.54, 1.807) is 0 Å². The Morgan fingerprint density at radius 2 is 1.89 bits per heavy atom. The minimum atomic E-state index is 0.0320. The molecule has 0 radical (unpaired) electrons. The standard InChI is InChI=1S/C15H22N2O/c1-2-9-16-15(18)14-7-5-13(6-8-14)12-17-10-3-4-11-17/h5-8H,2-4,9-12H2,1H3,(H,16,18). The van der Waals surface area contributed by atoms with Crippen LogP contribution in [0.5, 0.6) is 0 Å². The van der Waals surface area contributed by atoms with Crippen LogP contribution in [0.4, 0.5) is 0 Å². The molecule has 1 amide bonds. The molecule has 3 nitrogen and oxygen atoms in total. The van der Waals surface area contributed by atoms with E-state index in [1.807, 2.05) is 12.1 Å². The van der Waals surface area contributed by atoms with Crippen molar-refractivity contribution in [2.75, 3.05) is 19.6 Å². The summed E-state index contributed by atoms with van der Waals surface area (Å²) < 4.78 is 0. The molecule has 1 aliphatic rings. The van der Waals surface area contributed by atoms with Crippen molar-refractivity contribution in [1.82, 2.24) is 10.2 Å². The molecule has 1 aliphatic heterocycles. The molecule has 1 aromatic rings. The molecule has 2 rings (SSSR count). The first-order valence-electron chi connectivity index (χ1n) is 6.89. The molecule has 0 unspecified atom stereocenters. The zero-order valence-corrected chi connectivity index (χ0v) is 11.1. The monoisotopic (exact) mass is 246 g/mol. The zero-order valence-electron chi connectivity index (χ0n) is 11.1. The lowest BCUT2D eigenvalue weighted by Gasteiger charge is -2.14.